The van der Waals surface area contributed by atoms with E-state index in [9.17, 15) is 5.11 Å². The van der Waals surface area contributed by atoms with E-state index >= 15 is 0 Å². The topological polar surface area (TPSA) is 65.9 Å². The van der Waals surface area contributed by atoms with Crippen LogP contribution in [0.25, 0.3) is 0 Å². The van der Waals surface area contributed by atoms with Crippen LogP contribution >= 0.6 is 11.6 Å². The lowest BCUT2D eigenvalue weighted by Gasteiger charge is -2.19. The first kappa shape index (κ1) is 18.9. The number of halogens is 1. The monoisotopic (exact) mass is 361 g/mol. The number of hydrogen-bond acceptors (Lipinski definition) is 3. The van der Waals surface area contributed by atoms with Gasteiger partial charge in [-0.05, 0) is 36.6 Å². The second-order valence-corrected chi connectivity index (χ2v) is 6.04. The quantitative estimate of drug-likeness (QED) is 0.544. The minimum atomic E-state index is 0.0225. The van der Waals surface area contributed by atoms with Crippen molar-refractivity contribution in [3.05, 3.63) is 58.6 Å². The number of rotatable bonds is 6. The van der Waals surface area contributed by atoms with Crippen molar-refractivity contribution in [3.63, 3.8) is 0 Å². The van der Waals surface area contributed by atoms with Crippen LogP contribution in [0.15, 0.2) is 47.5 Å². The van der Waals surface area contributed by atoms with Gasteiger partial charge in [0.05, 0.1) is 13.2 Å². The standard InChI is InChI=1S/C19H24ClN3O2/c1-13(16-6-4-5-7-17(16)20)23-19(21-2)22-11-10-14-8-9-15(25-3)12-18(14)24/h4-9,12-13,24H,10-11H2,1-3H3,(H2,21,22,23). The summed E-state index contributed by atoms with van der Waals surface area (Å²) in [5.74, 6) is 1.55. The molecule has 6 heteroatoms. The molecule has 25 heavy (non-hydrogen) atoms. The van der Waals surface area contributed by atoms with E-state index in [2.05, 4.69) is 15.6 Å². The van der Waals surface area contributed by atoms with Gasteiger partial charge >= 0.3 is 0 Å². The Kier molecular flexibility index (Phi) is 6.95. The third-order valence-corrected chi connectivity index (χ3v) is 4.27. The number of nitrogens with one attached hydrogen (secondary N) is 2. The van der Waals surface area contributed by atoms with Crippen LogP contribution in [0.4, 0.5) is 0 Å². The Labute approximate surface area is 153 Å². The lowest BCUT2D eigenvalue weighted by Crippen LogP contribution is -2.39. The molecule has 0 aliphatic carbocycles. The SMILES string of the molecule is CN=C(NCCc1ccc(OC)cc1O)NC(C)c1ccccc1Cl. The fourth-order valence-corrected chi connectivity index (χ4v) is 2.80. The molecule has 0 fully saturated rings. The zero-order valence-electron chi connectivity index (χ0n) is 14.7. The molecule has 134 valence electrons. The van der Waals surface area contributed by atoms with Crippen LogP contribution in [0.2, 0.25) is 5.02 Å². The minimum Gasteiger partial charge on any atom is -0.508 e. The molecule has 1 atom stereocenters. The van der Waals surface area contributed by atoms with Gasteiger partial charge in [0, 0.05) is 24.7 Å². The number of benzene rings is 2. The van der Waals surface area contributed by atoms with Crippen LogP contribution in [0.3, 0.4) is 0 Å². The highest BCUT2D eigenvalue weighted by atomic mass is 35.5. The summed E-state index contributed by atoms with van der Waals surface area (Å²) in [5, 5.41) is 17.3. The van der Waals surface area contributed by atoms with Crippen LogP contribution in [0, 0.1) is 0 Å². The average molecular weight is 362 g/mol. The Balaban J connectivity index is 1.89. The van der Waals surface area contributed by atoms with Gasteiger partial charge in [0.2, 0.25) is 0 Å². The summed E-state index contributed by atoms with van der Waals surface area (Å²) < 4.78 is 5.09. The van der Waals surface area contributed by atoms with Crippen molar-refractivity contribution in [2.45, 2.75) is 19.4 Å². The average Bonchev–Trinajstić information content (AvgIpc) is 2.62. The fraction of sp³-hybridized carbons (Fsp3) is 0.316. The molecule has 0 saturated carbocycles. The van der Waals surface area contributed by atoms with E-state index in [4.69, 9.17) is 16.3 Å². The normalized spacial score (nSPS) is 12.6. The lowest BCUT2D eigenvalue weighted by atomic mass is 10.1. The molecule has 0 aliphatic heterocycles. The van der Waals surface area contributed by atoms with Gasteiger partial charge < -0.3 is 20.5 Å². The van der Waals surface area contributed by atoms with E-state index in [0.717, 1.165) is 16.1 Å². The third-order valence-electron chi connectivity index (χ3n) is 3.93. The summed E-state index contributed by atoms with van der Waals surface area (Å²) in [6.45, 7) is 2.66. The van der Waals surface area contributed by atoms with E-state index < -0.39 is 0 Å². The third kappa shape index (κ3) is 5.29. The smallest absolute Gasteiger partial charge is 0.191 e. The minimum absolute atomic E-state index is 0.0225. The Morgan fingerprint density at radius 2 is 2.04 bits per heavy atom. The van der Waals surface area contributed by atoms with Gasteiger partial charge in [0.15, 0.2) is 5.96 Å². The maximum atomic E-state index is 10.0. The van der Waals surface area contributed by atoms with Crippen LogP contribution < -0.4 is 15.4 Å². The van der Waals surface area contributed by atoms with E-state index in [-0.39, 0.29) is 11.8 Å². The molecule has 0 aliphatic rings. The number of ether oxygens (including phenoxy) is 1. The highest BCUT2D eigenvalue weighted by Gasteiger charge is 2.11. The molecule has 5 nitrogen and oxygen atoms in total. The van der Waals surface area contributed by atoms with Crippen molar-refractivity contribution >= 4 is 17.6 Å². The first-order valence-corrected chi connectivity index (χ1v) is 8.50. The van der Waals surface area contributed by atoms with Gasteiger partial charge in [-0.3, -0.25) is 4.99 Å². The molecule has 0 amide bonds. The number of nitrogens with zero attached hydrogens (tertiary/aromatic N) is 1. The lowest BCUT2D eigenvalue weighted by molar-refractivity contribution is 0.406. The van der Waals surface area contributed by atoms with Gasteiger partial charge in [-0.25, -0.2) is 0 Å². The summed E-state index contributed by atoms with van der Waals surface area (Å²) in [7, 11) is 3.30. The largest absolute Gasteiger partial charge is 0.508 e. The number of hydrogen-bond donors (Lipinski definition) is 3. The van der Waals surface area contributed by atoms with Gasteiger partial charge in [0.25, 0.3) is 0 Å². The second kappa shape index (κ2) is 9.18. The summed E-state index contributed by atoms with van der Waals surface area (Å²) in [6.07, 6.45) is 0.664. The highest BCUT2D eigenvalue weighted by Crippen LogP contribution is 2.24. The number of aromatic hydroxyl groups is 1. The molecule has 0 heterocycles. The molecule has 2 aromatic rings. The first-order chi connectivity index (χ1) is 12.0. The summed E-state index contributed by atoms with van der Waals surface area (Å²) in [6, 6.07) is 13.1. The predicted molar refractivity (Wildman–Crippen MR) is 103 cm³/mol. The number of guanidine groups is 1. The Morgan fingerprint density at radius 3 is 2.68 bits per heavy atom. The zero-order valence-corrected chi connectivity index (χ0v) is 15.5. The molecule has 0 bridgehead atoms. The maximum Gasteiger partial charge on any atom is 0.191 e. The molecule has 2 rings (SSSR count). The van der Waals surface area contributed by atoms with Crippen molar-refractivity contribution in [2.75, 3.05) is 20.7 Å². The number of methoxy groups -OCH3 is 1. The number of phenols is 1. The van der Waals surface area contributed by atoms with Crippen LogP contribution in [0.5, 0.6) is 11.5 Å². The van der Waals surface area contributed by atoms with Crippen molar-refractivity contribution in [1.29, 1.82) is 0 Å². The van der Waals surface area contributed by atoms with E-state index in [0.29, 0.717) is 24.7 Å². The van der Waals surface area contributed by atoms with Gasteiger partial charge in [-0.1, -0.05) is 35.9 Å². The van der Waals surface area contributed by atoms with Gasteiger partial charge in [-0.2, -0.15) is 0 Å². The van der Waals surface area contributed by atoms with Crippen LogP contribution in [-0.4, -0.2) is 31.8 Å². The predicted octanol–water partition coefficient (Wildman–Crippen LogP) is 3.52. The fourth-order valence-electron chi connectivity index (χ4n) is 2.50. The zero-order chi connectivity index (χ0) is 18.2. The number of phenolic OH excluding ortho intramolecular Hbond substituents is 1. The van der Waals surface area contributed by atoms with Gasteiger partial charge in [-0.15, -0.1) is 0 Å². The molecule has 0 spiro atoms. The van der Waals surface area contributed by atoms with Crippen LogP contribution in [-0.2, 0) is 6.42 Å². The van der Waals surface area contributed by atoms with E-state index in [1.807, 2.05) is 43.3 Å². The van der Waals surface area contributed by atoms with E-state index in [1.165, 1.54) is 0 Å². The molecule has 0 saturated heterocycles. The van der Waals surface area contributed by atoms with Crippen molar-refractivity contribution in [3.8, 4) is 11.5 Å². The molecule has 1 unspecified atom stereocenters. The summed E-state index contributed by atoms with van der Waals surface area (Å²) in [5.41, 5.74) is 1.86. The molecule has 3 N–H and O–H groups in total. The maximum absolute atomic E-state index is 10.0. The van der Waals surface area contributed by atoms with Crippen molar-refractivity contribution in [2.24, 2.45) is 4.99 Å². The van der Waals surface area contributed by atoms with E-state index in [1.54, 1.807) is 20.2 Å². The molecular formula is C19H24ClN3O2. The van der Waals surface area contributed by atoms with Gasteiger partial charge in [0.1, 0.15) is 11.5 Å². The highest BCUT2D eigenvalue weighted by molar-refractivity contribution is 6.31. The Morgan fingerprint density at radius 1 is 1.28 bits per heavy atom. The second-order valence-electron chi connectivity index (χ2n) is 5.63. The van der Waals surface area contributed by atoms with Crippen molar-refractivity contribution < 1.29 is 9.84 Å². The molecule has 2 aromatic carbocycles. The van der Waals surface area contributed by atoms with Crippen molar-refractivity contribution in [1.82, 2.24) is 10.6 Å². The molecule has 0 radical (unpaired) electrons. The Hall–Kier alpha value is -2.40. The Bertz CT molecular complexity index is 734. The number of aliphatic imine (C=N–C) groups is 1. The summed E-state index contributed by atoms with van der Waals surface area (Å²) in [4.78, 5) is 4.23. The van der Waals surface area contributed by atoms with Crippen LogP contribution in [0.1, 0.15) is 24.1 Å². The summed E-state index contributed by atoms with van der Waals surface area (Å²) >= 11 is 6.23. The molecule has 0 aromatic heterocycles. The first-order valence-electron chi connectivity index (χ1n) is 8.12. The molecular weight excluding hydrogens is 338 g/mol.